The number of hydrogen-bond acceptors (Lipinski definition) is 5. The van der Waals surface area contributed by atoms with E-state index in [4.69, 9.17) is 9.47 Å². The van der Waals surface area contributed by atoms with E-state index in [9.17, 15) is 9.59 Å². The molecule has 1 fully saturated rings. The summed E-state index contributed by atoms with van der Waals surface area (Å²) in [6.45, 7) is 6.06. The molecule has 1 aromatic rings. The SMILES string of the molecule is CC(C)(C)N[C@H]1CC(=O)N(c2ccc3c(c2)OCO3)C1=O. The van der Waals surface area contributed by atoms with E-state index >= 15 is 0 Å². The average molecular weight is 290 g/mol. The molecule has 0 spiro atoms. The largest absolute Gasteiger partial charge is 0.454 e. The van der Waals surface area contributed by atoms with Crippen molar-refractivity contribution in [3.63, 3.8) is 0 Å². The Morgan fingerprint density at radius 3 is 2.62 bits per heavy atom. The molecule has 6 heteroatoms. The van der Waals surface area contributed by atoms with Gasteiger partial charge >= 0.3 is 0 Å². The van der Waals surface area contributed by atoms with Gasteiger partial charge < -0.3 is 14.8 Å². The van der Waals surface area contributed by atoms with Crippen LogP contribution in [0.2, 0.25) is 0 Å². The number of anilines is 1. The van der Waals surface area contributed by atoms with Crippen LogP contribution in [0, 0.1) is 0 Å². The first kappa shape index (κ1) is 13.9. The maximum absolute atomic E-state index is 12.5. The van der Waals surface area contributed by atoms with Gasteiger partial charge in [0.2, 0.25) is 12.7 Å². The van der Waals surface area contributed by atoms with Gasteiger partial charge in [-0.15, -0.1) is 0 Å². The summed E-state index contributed by atoms with van der Waals surface area (Å²) in [6.07, 6.45) is 0.171. The number of ether oxygens (including phenoxy) is 2. The first-order chi connectivity index (χ1) is 9.85. The molecule has 0 aromatic heterocycles. The van der Waals surface area contributed by atoms with Crippen LogP contribution in [0.4, 0.5) is 5.69 Å². The first-order valence-electron chi connectivity index (χ1n) is 6.89. The summed E-state index contributed by atoms with van der Waals surface area (Å²) in [6, 6.07) is 4.59. The Morgan fingerprint density at radius 1 is 1.19 bits per heavy atom. The molecule has 3 rings (SSSR count). The molecule has 2 amide bonds. The lowest BCUT2D eigenvalue weighted by molar-refractivity contribution is -0.121. The number of imide groups is 1. The summed E-state index contributed by atoms with van der Waals surface area (Å²) in [5.41, 5.74) is 0.290. The fourth-order valence-electron chi connectivity index (χ4n) is 2.56. The zero-order valence-electron chi connectivity index (χ0n) is 12.3. The van der Waals surface area contributed by atoms with Gasteiger partial charge in [-0.25, -0.2) is 4.90 Å². The predicted octanol–water partition coefficient (Wildman–Crippen LogP) is 1.44. The Balaban J connectivity index is 1.85. The number of carbonyl (C=O) groups excluding carboxylic acids is 2. The van der Waals surface area contributed by atoms with Crippen molar-refractivity contribution in [3.8, 4) is 11.5 Å². The Kier molecular flexibility index (Phi) is 3.13. The number of benzene rings is 1. The van der Waals surface area contributed by atoms with E-state index in [1.165, 1.54) is 4.90 Å². The highest BCUT2D eigenvalue weighted by molar-refractivity contribution is 6.22. The topological polar surface area (TPSA) is 67.9 Å². The van der Waals surface area contributed by atoms with E-state index in [0.717, 1.165) is 0 Å². The van der Waals surface area contributed by atoms with Gasteiger partial charge in [0, 0.05) is 11.6 Å². The van der Waals surface area contributed by atoms with Crippen molar-refractivity contribution in [3.05, 3.63) is 18.2 Å². The van der Waals surface area contributed by atoms with Crippen LogP contribution in [0.5, 0.6) is 11.5 Å². The lowest BCUT2D eigenvalue weighted by Gasteiger charge is -2.24. The van der Waals surface area contributed by atoms with E-state index in [2.05, 4.69) is 5.32 Å². The highest BCUT2D eigenvalue weighted by Crippen LogP contribution is 2.36. The summed E-state index contributed by atoms with van der Waals surface area (Å²) >= 11 is 0. The van der Waals surface area contributed by atoms with Gasteiger partial charge in [-0.2, -0.15) is 0 Å². The van der Waals surface area contributed by atoms with Crippen molar-refractivity contribution < 1.29 is 19.1 Å². The van der Waals surface area contributed by atoms with E-state index in [-0.39, 0.29) is 30.6 Å². The van der Waals surface area contributed by atoms with Crippen LogP contribution >= 0.6 is 0 Å². The number of nitrogens with one attached hydrogen (secondary N) is 1. The third-order valence-electron chi connectivity index (χ3n) is 3.37. The van der Waals surface area contributed by atoms with Crippen molar-refractivity contribution >= 4 is 17.5 Å². The van der Waals surface area contributed by atoms with Crippen LogP contribution in [0.3, 0.4) is 0 Å². The standard InChI is InChI=1S/C15H18N2O4/c1-15(2,3)16-10-7-13(18)17(14(10)19)9-4-5-11-12(6-9)21-8-20-11/h4-6,10,16H,7-8H2,1-3H3/t10-/m0/s1. The lowest BCUT2D eigenvalue weighted by Crippen LogP contribution is -2.47. The molecule has 0 unspecified atom stereocenters. The average Bonchev–Trinajstić information content (AvgIpc) is 2.92. The molecule has 0 aliphatic carbocycles. The van der Waals surface area contributed by atoms with Crippen LogP contribution in [0.25, 0.3) is 0 Å². The summed E-state index contributed by atoms with van der Waals surface area (Å²) in [5, 5.41) is 3.18. The zero-order chi connectivity index (χ0) is 15.2. The molecule has 2 aliphatic heterocycles. The summed E-state index contributed by atoms with van der Waals surface area (Å²) in [7, 11) is 0. The maximum atomic E-state index is 12.5. The fraction of sp³-hybridized carbons (Fsp3) is 0.467. The predicted molar refractivity (Wildman–Crippen MR) is 76.4 cm³/mol. The molecule has 1 N–H and O–H groups in total. The molecular weight excluding hydrogens is 272 g/mol. The first-order valence-corrected chi connectivity index (χ1v) is 6.89. The molecule has 0 saturated carbocycles. The Labute approximate surface area is 123 Å². The Morgan fingerprint density at radius 2 is 1.90 bits per heavy atom. The van der Waals surface area contributed by atoms with E-state index in [1.807, 2.05) is 20.8 Å². The van der Waals surface area contributed by atoms with Crippen molar-refractivity contribution in [1.82, 2.24) is 5.32 Å². The molecule has 0 bridgehead atoms. The molecule has 21 heavy (non-hydrogen) atoms. The third kappa shape index (κ3) is 2.58. The second kappa shape index (κ2) is 4.73. The maximum Gasteiger partial charge on any atom is 0.251 e. The molecule has 1 saturated heterocycles. The minimum Gasteiger partial charge on any atom is -0.454 e. The van der Waals surface area contributed by atoms with E-state index in [0.29, 0.717) is 17.2 Å². The van der Waals surface area contributed by atoms with Gasteiger partial charge in [0.25, 0.3) is 5.91 Å². The van der Waals surface area contributed by atoms with Crippen molar-refractivity contribution in [2.75, 3.05) is 11.7 Å². The summed E-state index contributed by atoms with van der Waals surface area (Å²) < 4.78 is 10.5. The molecule has 1 atom stereocenters. The molecule has 2 aliphatic rings. The molecular formula is C15H18N2O4. The van der Waals surface area contributed by atoms with Gasteiger partial charge in [0.1, 0.15) is 0 Å². The Hall–Kier alpha value is -2.08. The van der Waals surface area contributed by atoms with Crippen LogP contribution < -0.4 is 19.7 Å². The summed E-state index contributed by atoms with van der Waals surface area (Å²) in [4.78, 5) is 25.9. The second-order valence-corrected chi connectivity index (χ2v) is 6.26. The molecule has 6 nitrogen and oxygen atoms in total. The van der Waals surface area contributed by atoms with Crippen LogP contribution in [0.1, 0.15) is 27.2 Å². The van der Waals surface area contributed by atoms with Gasteiger partial charge in [-0.3, -0.25) is 9.59 Å². The van der Waals surface area contributed by atoms with Crippen LogP contribution in [0.15, 0.2) is 18.2 Å². The fourth-order valence-corrected chi connectivity index (χ4v) is 2.56. The van der Waals surface area contributed by atoms with Gasteiger partial charge in [0.15, 0.2) is 11.5 Å². The third-order valence-corrected chi connectivity index (χ3v) is 3.37. The zero-order valence-corrected chi connectivity index (χ0v) is 12.3. The highest BCUT2D eigenvalue weighted by Gasteiger charge is 2.41. The lowest BCUT2D eigenvalue weighted by atomic mass is 10.1. The number of hydrogen-bond donors (Lipinski definition) is 1. The molecule has 112 valence electrons. The van der Waals surface area contributed by atoms with Gasteiger partial charge in [-0.05, 0) is 32.9 Å². The van der Waals surface area contributed by atoms with E-state index < -0.39 is 6.04 Å². The summed E-state index contributed by atoms with van der Waals surface area (Å²) in [5.74, 6) is 0.747. The number of carbonyl (C=O) groups is 2. The molecule has 2 heterocycles. The van der Waals surface area contributed by atoms with Crippen LogP contribution in [-0.4, -0.2) is 30.2 Å². The highest BCUT2D eigenvalue weighted by atomic mass is 16.7. The smallest absolute Gasteiger partial charge is 0.251 e. The number of nitrogens with zero attached hydrogens (tertiary/aromatic N) is 1. The second-order valence-electron chi connectivity index (χ2n) is 6.26. The minimum atomic E-state index is -0.483. The minimum absolute atomic E-state index is 0.162. The Bertz CT molecular complexity index is 606. The van der Waals surface area contributed by atoms with Crippen molar-refractivity contribution in [1.29, 1.82) is 0 Å². The van der Waals surface area contributed by atoms with Crippen molar-refractivity contribution in [2.24, 2.45) is 0 Å². The number of fused-ring (bicyclic) bond motifs is 1. The monoisotopic (exact) mass is 290 g/mol. The molecule has 1 aromatic carbocycles. The molecule has 0 radical (unpaired) electrons. The number of amides is 2. The normalized spacial score (nSPS) is 21.3. The quantitative estimate of drug-likeness (QED) is 0.835. The number of rotatable bonds is 2. The van der Waals surface area contributed by atoms with Crippen molar-refractivity contribution in [2.45, 2.75) is 38.8 Å². The van der Waals surface area contributed by atoms with E-state index in [1.54, 1.807) is 18.2 Å². The van der Waals surface area contributed by atoms with Gasteiger partial charge in [0.05, 0.1) is 18.2 Å². The van der Waals surface area contributed by atoms with Crippen LogP contribution in [-0.2, 0) is 9.59 Å². The van der Waals surface area contributed by atoms with Gasteiger partial charge in [-0.1, -0.05) is 0 Å².